The molecule has 0 radical (unpaired) electrons. The van der Waals surface area contributed by atoms with Crippen molar-refractivity contribution >= 4 is 21.9 Å². The molecule has 0 spiro atoms. The molecule has 74 valence electrons. The summed E-state index contributed by atoms with van der Waals surface area (Å²) >= 11 is 3.27. The molecular formula is C11H11BrO2. The van der Waals surface area contributed by atoms with Crippen molar-refractivity contribution in [2.24, 2.45) is 0 Å². The Labute approximate surface area is 91.7 Å². The summed E-state index contributed by atoms with van der Waals surface area (Å²) in [6.45, 7) is 3.72. The Bertz CT molecular complexity index is 308. The van der Waals surface area contributed by atoms with Gasteiger partial charge in [-0.3, -0.25) is 4.79 Å². The Kier molecular flexibility index (Phi) is 4.40. The first-order valence-electron chi connectivity index (χ1n) is 4.22. The first kappa shape index (κ1) is 11.0. The highest BCUT2D eigenvalue weighted by Gasteiger charge is 2.17. The lowest BCUT2D eigenvalue weighted by Crippen LogP contribution is -2.10. The molecular weight excluding hydrogens is 244 g/mol. The summed E-state index contributed by atoms with van der Waals surface area (Å²) in [4.78, 5) is 11.0. The highest BCUT2D eigenvalue weighted by molar-refractivity contribution is 9.09. The summed E-state index contributed by atoms with van der Waals surface area (Å²) in [5.41, 5.74) is 0.890. The van der Waals surface area contributed by atoms with Gasteiger partial charge in [0.2, 0.25) is 0 Å². The SMILES string of the molecule is C=CCOC(=O)[C@H](Br)c1ccccc1. The molecule has 0 aliphatic carbocycles. The Hall–Kier alpha value is -1.09. The van der Waals surface area contributed by atoms with E-state index in [2.05, 4.69) is 22.5 Å². The van der Waals surface area contributed by atoms with Gasteiger partial charge >= 0.3 is 5.97 Å². The van der Waals surface area contributed by atoms with Gasteiger partial charge in [0.05, 0.1) is 0 Å². The maximum atomic E-state index is 11.4. The van der Waals surface area contributed by atoms with Crippen LogP contribution in [0.2, 0.25) is 0 Å². The predicted molar refractivity (Wildman–Crippen MR) is 59.3 cm³/mol. The molecule has 0 N–H and O–H groups in total. The summed E-state index contributed by atoms with van der Waals surface area (Å²) in [5, 5.41) is 0. The average molecular weight is 255 g/mol. The fourth-order valence-corrected chi connectivity index (χ4v) is 1.41. The second-order valence-corrected chi connectivity index (χ2v) is 3.61. The van der Waals surface area contributed by atoms with Crippen molar-refractivity contribution in [3.8, 4) is 0 Å². The molecule has 1 aromatic carbocycles. The van der Waals surface area contributed by atoms with E-state index in [-0.39, 0.29) is 12.6 Å². The number of esters is 1. The number of ether oxygens (including phenoxy) is 1. The quantitative estimate of drug-likeness (QED) is 0.469. The number of hydrogen-bond donors (Lipinski definition) is 0. The maximum absolute atomic E-state index is 11.4. The third-order valence-corrected chi connectivity index (χ3v) is 2.55. The Morgan fingerprint density at radius 3 is 2.71 bits per heavy atom. The molecule has 0 saturated carbocycles. The van der Waals surface area contributed by atoms with Gasteiger partial charge in [0, 0.05) is 0 Å². The van der Waals surface area contributed by atoms with Crippen LogP contribution in [0.4, 0.5) is 0 Å². The van der Waals surface area contributed by atoms with Crippen molar-refractivity contribution in [3.63, 3.8) is 0 Å². The first-order valence-corrected chi connectivity index (χ1v) is 5.14. The van der Waals surface area contributed by atoms with Gasteiger partial charge in [-0.1, -0.05) is 58.9 Å². The molecule has 0 saturated heterocycles. The van der Waals surface area contributed by atoms with Crippen molar-refractivity contribution in [1.29, 1.82) is 0 Å². The number of hydrogen-bond acceptors (Lipinski definition) is 2. The molecule has 0 heterocycles. The minimum atomic E-state index is -0.399. The number of carbonyl (C=O) groups excluding carboxylic acids is 1. The molecule has 0 aromatic heterocycles. The van der Waals surface area contributed by atoms with Crippen LogP contribution in [0.1, 0.15) is 10.4 Å². The zero-order valence-electron chi connectivity index (χ0n) is 7.65. The smallest absolute Gasteiger partial charge is 0.324 e. The minimum Gasteiger partial charge on any atom is -0.460 e. The zero-order valence-corrected chi connectivity index (χ0v) is 9.24. The summed E-state index contributed by atoms with van der Waals surface area (Å²) in [6.07, 6.45) is 1.54. The van der Waals surface area contributed by atoms with Gasteiger partial charge in [0.15, 0.2) is 0 Å². The Balaban J connectivity index is 2.61. The summed E-state index contributed by atoms with van der Waals surface area (Å²) in [6, 6.07) is 9.40. The number of carbonyl (C=O) groups is 1. The Morgan fingerprint density at radius 1 is 1.50 bits per heavy atom. The van der Waals surface area contributed by atoms with Gasteiger partial charge < -0.3 is 4.74 Å². The predicted octanol–water partition coefficient (Wildman–Crippen LogP) is 2.85. The van der Waals surface area contributed by atoms with E-state index in [4.69, 9.17) is 4.74 Å². The molecule has 0 unspecified atom stereocenters. The number of rotatable bonds is 4. The Morgan fingerprint density at radius 2 is 2.14 bits per heavy atom. The lowest BCUT2D eigenvalue weighted by atomic mass is 10.1. The number of alkyl halides is 1. The van der Waals surface area contributed by atoms with Crippen LogP contribution in [-0.4, -0.2) is 12.6 Å². The van der Waals surface area contributed by atoms with E-state index in [0.717, 1.165) is 5.56 Å². The third kappa shape index (κ3) is 3.00. The van der Waals surface area contributed by atoms with Crippen molar-refractivity contribution in [2.75, 3.05) is 6.61 Å². The largest absolute Gasteiger partial charge is 0.460 e. The van der Waals surface area contributed by atoms with E-state index in [9.17, 15) is 4.79 Å². The van der Waals surface area contributed by atoms with Gasteiger partial charge in [-0.05, 0) is 5.56 Å². The summed E-state index contributed by atoms with van der Waals surface area (Å²) < 4.78 is 4.90. The van der Waals surface area contributed by atoms with Gasteiger partial charge in [0.25, 0.3) is 0 Å². The zero-order chi connectivity index (χ0) is 10.4. The van der Waals surface area contributed by atoms with E-state index in [1.165, 1.54) is 0 Å². The second kappa shape index (κ2) is 5.60. The molecule has 0 bridgehead atoms. The molecule has 1 rings (SSSR count). The van der Waals surface area contributed by atoms with Crippen molar-refractivity contribution in [2.45, 2.75) is 4.83 Å². The van der Waals surface area contributed by atoms with Gasteiger partial charge in [0.1, 0.15) is 11.4 Å². The van der Waals surface area contributed by atoms with Crippen LogP contribution >= 0.6 is 15.9 Å². The van der Waals surface area contributed by atoms with Crippen LogP contribution in [0.3, 0.4) is 0 Å². The van der Waals surface area contributed by atoms with Crippen LogP contribution < -0.4 is 0 Å². The lowest BCUT2D eigenvalue weighted by molar-refractivity contribution is -0.141. The third-order valence-electron chi connectivity index (χ3n) is 1.64. The molecule has 0 aliphatic rings. The molecule has 14 heavy (non-hydrogen) atoms. The molecule has 2 nitrogen and oxygen atoms in total. The van der Waals surface area contributed by atoms with E-state index in [1.807, 2.05) is 30.3 Å². The van der Waals surface area contributed by atoms with Crippen LogP contribution in [0.25, 0.3) is 0 Å². The van der Waals surface area contributed by atoms with E-state index in [1.54, 1.807) is 6.08 Å². The summed E-state index contributed by atoms with van der Waals surface area (Å²) in [5.74, 6) is -0.295. The molecule has 1 aromatic rings. The monoisotopic (exact) mass is 254 g/mol. The van der Waals surface area contributed by atoms with Crippen LogP contribution in [0.15, 0.2) is 43.0 Å². The van der Waals surface area contributed by atoms with Crippen LogP contribution in [0.5, 0.6) is 0 Å². The number of benzene rings is 1. The summed E-state index contributed by atoms with van der Waals surface area (Å²) in [7, 11) is 0. The van der Waals surface area contributed by atoms with Gasteiger partial charge in [-0.2, -0.15) is 0 Å². The van der Waals surface area contributed by atoms with E-state index < -0.39 is 4.83 Å². The van der Waals surface area contributed by atoms with Crippen molar-refractivity contribution in [3.05, 3.63) is 48.6 Å². The average Bonchev–Trinajstić information content (AvgIpc) is 2.26. The van der Waals surface area contributed by atoms with Crippen molar-refractivity contribution < 1.29 is 9.53 Å². The molecule has 0 fully saturated rings. The van der Waals surface area contributed by atoms with E-state index >= 15 is 0 Å². The second-order valence-electron chi connectivity index (χ2n) is 2.69. The first-order chi connectivity index (χ1) is 6.75. The van der Waals surface area contributed by atoms with Crippen LogP contribution in [0, 0.1) is 0 Å². The fourth-order valence-electron chi connectivity index (χ4n) is 0.972. The molecule has 0 aliphatic heterocycles. The lowest BCUT2D eigenvalue weighted by Gasteiger charge is -2.08. The van der Waals surface area contributed by atoms with Crippen LogP contribution in [-0.2, 0) is 9.53 Å². The maximum Gasteiger partial charge on any atom is 0.324 e. The van der Waals surface area contributed by atoms with Gasteiger partial charge in [-0.15, -0.1) is 0 Å². The topological polar surface area (TPSA) is 26.3 Å². The molecule has 1 atom stereocenters. The standard InChI is InChI=1S/C11H11BrO2/c1-2-8-14-11(13)10(12)9-6-4-3-5-7-9/h2-7,10H,1,8H2/t10-/m1/s1. The minimum absolute atomic E-state index is 0.244. The van der Waals surface area contributed by atoms with Gasteiger partial charge in [-0.25, -0.2) is 0 Å². The fraction of sp³-hybridized carbons (Fsp3) is 0.182. The van der Waals surface area contributed by atoms with E-state index in [0.29, 0.717) is 0 Å². The normalized spacial score (nSPS) is 11.8. The highest BCUT2D eigenvalue weighted by atomic mass is 79.9. The number of halogens is 1. The van der Waals surface area contributed by atoms with Crippen molar-refractivity contribution in [1.82, 2.24) is 0 Å². The highest BCUT2D eigenvalue weighted by Crippen LogP contribution is 2.23. The molecule has 3 heteroatoms. The molecule has 0 amide bonds.